The highest BCUT2D eigenvalue weighted by Gasteiger charge is 2.40. The summed E-state index contributed by atoms with van der Waals surface area (Å²) in [7, 11) is 3.60. The van der Waals surface area contributed by atoms with E-state index in [1.807, 2.05) is 13.1 Å². The molecule has 1 aromatic heterocycles. The van der Waals surface area contributed by atoms with Gasteiger partial charge in [-0.1, -0.05) is 26.2 Å². The highest BCUT2D eigenvalue weighted by molar-refractivity contribution is 7.71. The van der Waals surface area contributed by atoms with Crippen molar-refractivity contribution < 1.29 is 24.2 Å². The van der Waals surface area contributed by atoms with Gasteiger partial charge in [0.15, 0.2) is 22.3 Å². The third kappa shape index (κ3) is 3.80. The number of hydrogen-bond donors (Lipinski definition) is 3. The lowest BCUT2D eigenvalue weighted by atomic mass is 9.87. The Labute approximate surface area is 186 Å². The molecule has 2 aromatic rings. The number of fused-ring (bicyclic) bond motifs is 2. The molecule has 3 N–H and O–H groups in total. The van der Waals surface area contributed by atoms with E-state index >= 15 is 0 Å². The van der Waals surface area contributed by atoms with Crippen LogP contribution in [0, 0.1) is 4.77 Å². The number of H-pyrrole nitrogens is 1. The molecule has 4 rings (SSSR count). The summed E-state index contributed by atoms with van der Waals surface area (Å²) in [5, 5.41) is 11.2. The Bertz CT molecular complexity index is 1090. The normalized spacial score (nSPS) is 19.3. The number of likely N-dealkylation sites (N-methyl/N-ethyl adjacent to an activating group) is 1. The van der Waals surface area contributed by atoms with E-state index in [1.165, 1.54) is 0 Å². The molecule has 8 nitrogen and oxygen atoms in total. The first-order chi connectivity index (χ1) is 15.0. The van der Waals surface area contributed by atoms with Gasteiger partial charge < -0.3 is 24.2 Å². The summed E-state index contributed by atoms with van der Waals surface area (Å²) in [5.41, 5.74) is 1.82. The number of aromatic nitrogens is 2. The molecule has 31 heavy (non-hydrogen) atoms. The van der Waals surface area contributed by atoms with Gasteiger partial charge in [0.1, 0.15) is 5.56 Å². The van der Waals surface area contributed by atoms with Crippen molar-refractivity contribution in [3.63, 3.8) is 0 Å². The van der Waals surface area contributed by atoms with Gasteiger partial charge in [-0.15, -0.1) is 0 Å². The van der Waals surface area contributed by atoms with Gasteiger partial charge in [0.2, 0.25) is 18.4 Å². The van der Waals surface area contributed by atoms with Crippen LogP contribution in [0.15, 0.2) is 10.9 Å². The molecule has 2 aliphatic heterocycles. The van der Waals surface area contributed by atoms with E-state index in [0.29, 0.717) is 29.4 Å². The lowest BCUT2D eigenvalue weighted by Crippen LogP contribution is -3.10. The van der Waals surface area contributed by atoms with E-state index in [-0.39, 0.29) is 23.0 Å². The van der Waals surface area contributed by atoms with Crippen LogP contribution in [0.2, 0.25) is 0 Å². The second-order valence-electron chi connectivity index (χ2n) is 8.20. The van der Waals surface area contributed by atoms with Crippen LogP contribution in [0.4, 0.5) is 0 Å². The summed E-state index contributed by atoms with van der Waals surface area (Å²) < 4.78 is 18.9. The molecule has 0 bridgehead atoms. The second-order valence-corrected chi connectivity index (χ2v) is 8.59. The van der Waals surface area contributed by atoms with Gasteiger partial charge in [0, 0.05) is 13.0 Å². The Morgan fingerprint density at radius 2 is 2.13 bits per heavy atom. The number of quaternary nitrogens is 1. The third-order valence-corrected chi connectivity index (χ3v) is 6.57. The quantitative estimate of drug-likeness (QED) is 0.444. The number of nitrogens with one attached hydrogen (secondary N) is 2. The lowest BCUT2D eigenvalue weighted by Gasteiger charge is -2.33. The smallest absolute Gasteiger partial charge is 0.265 e. The van der Waals surface area contributed by atoms with E-state index in [1.54, 1.807) is 11.7 Å². The predicted molar refractivity (Wildman–Crippen MR) is 118 cm³/mol. The Hall–Kier alpha value is -2.52. The Balaban J connectivity index is 1.86. The summed E-state index contributed by atoms with van der Waals surface area (Å²) in [5.74, 6) is 1.69. The SMILES string of the molecule is CCCCCCn1c(O)c([C@@H]2c3c(cc4c(c3OC)OCO4)CC[NH+]2C)c(=O)[nH]c1=S. The highest BCUT2D eigenvalue weighted by atomic mass is 32.1. The predicted octanol–water partition coefficient (Wildman–Crippen LogP) is 2.09. The summed E-state index contributed by atoms with van der Waals surface area (Å²) >= 11 is 5.37. The molecule has 168 valence electrons. The molecule has 0 aliphatic carbocycles. The van der Waals surface area contributed by atoms with Crippen LogP contribution in [-0.2, 0) is 13.0 Å². The van der Waals surface area contributed by atoms with E-state index in [4.69, 9.17) is 26.4 Å². The molecule has 0 fully saturated rings. The van der Waals surface area contributed by atoms with Crippen molar-refractivity contribution in [3.05, 3.63) is 37.9 Å². The van der Waals surface area contributed by atoms with Crippen molar-refractivity contribution >= 4 is 12.2 Å². The van der Waals surface area contributed by atoms with Gasteiger partial charge in [0.25, 0.3) is 5.56 Å². The van der Waals surface area contributed by atoms with E-state index < -0.39 is 6.04 Å². The van der Waals surface area contributed by atoms with Crippen molar-refractivity contribution in [2.75, 3.05) is 27.5 Å². The van der Waals surface area contributed by atoms with Gasteiger partial charge in [-0.05, 0) is 30.3 Å². The van der Waals surface area contributed by atoms with Crippen LogP contribution in [0.5, 0.6) is 23.1 Å². The molecule has 0 saturated carbocycles. The Morgan fingerprint density at radius 3 is 2.87 bits per heavy atom. The van der Waals surface area contributed by atoms with Gasteiger partial charge in [0.05, 0.1) is 26.3 Å². The molecule has 3 heterocycles. The van der Waals surface area contributed by atoms with E-state index in [2.05, 4.69) is 11.9 Å². The molecular weight excluding hydrogens is 418 g/mol. The summed E-state index contributed by atoms with van der Waals surface area (Å²) in [4.78, 5) is 16.9. The average molecular weight is 449 g/mol. The van der Waals surface area contributed by atoms with E-state index in [0.717, 1.165) is 54.7 Å². The summed E-state index contributed by atoms with van der Waals surface area (Å²) in [6.07, 6.45) is 4.97. The molecule has 0 saturated heterocycles. The van der Waals surface area contributed by atoms with Crippen molar-refractivity contribution in [2.24, 2.45) is 0 Å². The molecule has 0 spiro atoms. The minimum atomic E-state index is -0.422. The van der Waals surface area contributed by atoms with Crippen molar-refractivity contribution in [1.82, 2.24) is 9.55 Å². The minimum Gasteiger partial charge on any atom is -0.494 e. The van der Waals surface area contributed by atoms with Crippen molar-refractivity contribution in [2.45, 2.75) is 51.6 Å². The van der Waals surface area contributed by atoms with Crippen LogP contribution in [0.3, 0.4) is 0 Å². The van der Waals surface area contributed by atoms with Gasteiger partial charge >= 0.3 is 0 Å². The van der Waals surface area contributed by atoms with Gasteiger partial charge in [-0.2, -0.15) is 0 Å². The second kappa shape index (κ2) is 8.92. The van der Waals surface area contributed by atoms with Crippen LogP contribution in [0.25, 0.3) is 0 Å². The monoisotopic (exact) mass is 448 g/mol. The molecule has 0 amide bonds. The fourth-order valence-corrected chi connectivity index (χ4v) is 4.93. The van der Waals surface area contributed by atoms with Crippen molar-refractivity contribution in [3.8, 4) is 23.1 Å². The topological polar surface area (TPSA) is 90.2 Å². The largest absolute Gasteiger partial charge is 0.494 e. The fourth-order valence-electron chi connectivity index (χ4n) is 4.66. The molecule has 9 heteroatoms. The van der Waals surface area contributed by atoms with Crippen molar-refractivity contribution in [1.29, 1.82) is 0 Å². The molecule has 1 aromatic carbocycles. The fraction of sp³-hybridized carbons (Fsp3) is 0.545. The maximum absolute atomic E-state index is 13.1. The standard InChI is InChI=1S/C22H29N3O5S/c1-4-5-6-7-9-25-21(27)16(20(26)23-22(25)31)17-15-13(8-10-24(17)2)11-14-18(19(15)28-3)30-12-29-14/h11,17,27H,4-10,12H2,1-3H3,(H,23,26,31)/p+1/t17-/m0/s1. The number of ether oxygens (including phenoxy) is 3. The molecule has 2 atom stereocenters. The van der Waals surface area contributed by atoms with E-state index in [9.17, 15) is 9.90 Å². The number of nitrogens with zero attached hydrogens (tertiary/aromatic N) is 1. The summed E-state index contributed by atoms with van der Waals surface area (Å²) in [6.45, 7) is 3.65. The Kier molecular flexibility index (Phi) is 6.24. The van der Waals surface area contributed by atoms with Gasteiger partial charge in [-0.3, -0.25) is 14.3 Å². The maximum atomic E-state index is 13.1. The number of aromatic amines is 1. The molecule has 1 unspecified atom stereocenters. The number of benzene rings is 1. The van der Waals surface area contributed by atoms with Crippen LogP contribution >= 0.6 is 12.2 Å². The zero-order valence-electron chi connectivity index (χ0n) is 18.2. The number of rotatable bonds is 7. The summed E-state index contributed by atoms with van der Waals surface area (Å²) in [6, 6.07) is 1.54. The molecular formula is C22H30N3O5S+. The molecule has 0 radical (unpaired) electrons. The lowest BCUT2D eigenvalue weighted by molar-refractivity contribution is -0.908. The van der Waals surface area contributed by atoms with Crippen LogP contribution < -0.4 is 24.7 Å². The van der Waals surface area contributed by atoms with Crippen LogP contribution in [0.1, 0.15) is 55.3 Å². The number of unbranched alkanes of at least 4 members (excludes halogenated alkanes) is 3. The first-order valence-corrected chi connectivity index (χ1v) is 11.3. The highest BCUT2D eigenvalue weighted by Crippen LogP contribution is 2.48. The zero-order chi connectivity index (χ0) is 22.1. The van der Waals surface area contributed by atoms with Crippen LogP contribution in [-0.4, -0.2) is 42.2 Å². The minimum absolute atomic E-state index is 0.0674. The third-order valence-electron chi connectivity index (χ3n) is 6.25. The molecule has 2 aliphatic rings. The zero-order valence-corrected chi connectivity index (χ0v) is 19.1. The maximum Gasteiger partial charge on any atom is 0.265 e. The number of hydrogen-bond acceptors (Lipinski definition) is 6. The first-order valence-electron chi connectivity index (χ1n) is 10.9. The number of aromatic hydroxyl groups is 1. The Morgan fingerprint density at radius 1 is 1.32 bits per heavy atom. The number of methoxy groups -OCH3 is 1. The van der Waals surface area contributed by atoms with Gasteiger partial charge in [-0.25, -0.2) is 0 Å². The first kappa shape index (κ1) is 21.7. The average Bonchev–Trinajstić information content (AvgIpc) is 3.21.